The summed E-state index contributed by atoms with van der Waals surface area (Å²) in [6, 6.07) is 5.58. The number of rotatable bonds is 2. The molecule has 1 atom stereocenters. The summed E-state index contributed by atoms with van der Waals surface area (Å²) in [6.45, 7) is 2.72. The summed E-state index contributed by atoms with van der Waals surface area (Å²) in [5.41, 5.74) is 2.58. The van der Waals surface area contributed by atoms with Crippen LogP contribution < -0.4 is 0 Å². The largest absolute Gasteiger partial charge is 0.328 e. The van der Waals surface area contributed by atoms with Gasteiger partial charge < -0.3 is 4.90 Å². The van der Waals surface area contributed by atoms with Gasteiger partial charge in [-0.2, -0.15) is 0 Å². The minimum atomic E-state index is -0.0388. The number of amides is 1. The fraction of sp³-hybridized carbons (Fsp3) is 0.333. The topological polar surface area (TPSA) is 63.4 Å². The van der Waals surface area contributed by atoms with Gasteiger partial charge in [0.05, 0.1) is 23.3 Å². The van der Waals surface area contributed by atoms with Gasteiger partial charge in [0.2, 0.25) is 0 Å². The first kappa shape index (κ1) is 14.8. The lowest BCUT2D eigenvalue weighted by Gasteiger charge is -2.35. The van der Waals surface area contributed by atoms with Crippen molar-refractivity contribution in [3.63, 3.8) is 0 Å². The lowest BCUT2D eigenvalue weighted by Crippen LogP contribution is -2.39. The van der Waals surface area contributed by atoms with Crippen LogP contribution in [0.4, 0.5) is 0 Å². The fourth-order valence-corrected chi connectivity index (χ4v) is 3.42. The molecule has 0 N–H and O–H groups in total. The van der Waals surface area contributed by atoms with E-state index in [1.807, 2.05) is 34.6 Å². The van der Waals surface area contributed by atoms with Gasteiger partial charge in [-0.3, -0.25) is 14.2 Å². The Balaban J connectivity index is 1.77. The van der Waals surface area contributed by atoms with E-state index in [2.05, 4.69) is 9.97 Å². The number of carbonyl (C=O) groups is 1. The average molecular weight is 321 g/mol. The zero-order chi connectivity index (χ0) is 16.5. The summed E-state index contributed by atoms with van der Waals surface area (Å²) in [4.78, 5) is 28.0. The molecule has 0 aliphatic carbocycles. The number of pyridine rings is 1. The minimum absolute atomic E-state index is 0.0179. The highest BCUT2D eigenvalue weighted by Gasteiger charge is 2.31. The second-order valence-electron chi connectivity index (χ2n) is 6.20. The monoisotopic (exact) mass is 321 g/mol. The van der Waals surface area contributed by atoms with Crippen LogP contribution in [0.15, 0.2) is 43.1 Å². The van der Waals surface area contributed by atoms with Crippen molar-refractivity contribution in [3.05, 3.63) is 60.2 Å². The Hall–Kier alpha value is -2.76. The van der Waals surface area contributed by atoms with Gasteiger partial charge in [-0.1, -0.05) is 0 Å². The van der Waals surface area contributed by atoms with Gasteiger partial charge in [-0.15, -0.1) is 0 Å². The Bertz CT molecular complexity index is 874. The molecule has 3 aromatic heterocycles. The highest BCUT2D eigenvalue weighted by Crippen LogP contribution is 2.31. The molecule has 122 valence electrons. The van der Waals surface area contributed by atoms with Gasteiger partial charge in [-0.05, 0) is 44.4 Å². The summed E-state index contributed by atoms with van der Waals surface area (Å²) in [5, 5.41) is 0. The molecule has 24 heavy (non-hydrogen) atoms. The maximum atomic E-state index is 13.0. The lowest BCUT2D eigenvalue weighted by molar-refractivity contribution is 0.0597. The van der Waals surface area contributed by atoms with Crippen molar-refractivity contribution in [3.8, 4) is 0 Å². The molecule has 1 aliphatic rings. The summed E-state index contributed by atoms with van der Waals surface area (Å²) >= 11 is 0. The van der Waals surface area contributed by atoms with E-state index in [4.69, 9.17) is 4.98 Å². The first-order valence-electron chi connectivity index (χ1n) is 8.24. The number of hydrogen-bond donors (Lipinski definition) is 0. The number of hydrogen-bond acceptors (Lipinski definition) is 4. The van der Waals surface area contributed by atoms with Crippen LogP contribution in [-0.2, 0) is 0 Å². The quantitative estimate of drug-likeness (QED) is 0.728. The first-order valence-corrected chi connectivity index (χ1v) is 8.24. The fourth-order valence-electron chi connectivity index (χ4n) is 3.42. The van der Waals surface area contributed by atoms with Crippen LogP contribution in [0.1, 0.15) is 47.2 Å². The smallest absolute Gasteiger partial charge is 0.256 e. The Morgan fingerprint density at radius 1 is 1.25 bits per heavy atom. The summed E-state index contributed by atoms with van der Waals surface area (Å²) in [5.74, 6) is 0.906. The summed E-state index contributed by atoms with van der Waals surface area (Å²) in [6.07, 6.45) is 9.93. The van der Waals surface area contributed by atoms with E-state index >= 15 is 0 Å². The number of aromatic nitrogens is 4. The molecule has 1 amide bonds. The molecule has 1 aliphatic heterocycles. The van der Waals surface area contributed by atoms with Crippen molar-refractivity contribution in [1.29, 1.82) is 0 Å². The molecule has 6 nitrogen and oxygen atoms in total. The predicted octanol–water partition coefficient (Wildman–Crippen LogP) is 2.80. The summed E-state index contributed by atoms with van der Waals surface area (Å²) in [7, 11) is 0. The standard InChI is InChI=1S/C18H19N5O/c1-13-9-15-11-20-12-23(15)17(21-13)16-6-2-3-8-22(16)18(24)14-5-4-7-19-10-14/h4-5,7,9-12,16H,2-3,6,8H2,1H3/t16-/m1/s1. The number of aryl methyl sites for hydroxylation is 1. The average Bonchev–Trinajstić information content (AvgIpc) is 3.09. The molecule has 4 heterocycles. The first-order chi connectivity index (χ1) is 11.7. The van der Waals surface area contributed by atoms with Gasteiger partial charge >= 0.3 is 0 Å². The number of fused-ring (bicyclic) bond motifs is 1. The van der Waals surface area contributed by atoms with Crippen LogP contribution in [-0.4, -0.2) is 36.7 Å². The molecular formula is C18H19N5O. The second kappa shape index (κ2) is 6.03. The van der Waals surface area contributed by atoms with Crippen LogP contribution in [0.5, 0.6) is 0 Å². The lowest BCUT2D eigenvalue weighted by atomic mass is 10.00. The van der Waals surface area contributed by atoms with Crippen molar-refractivity contribution in [2.24, 2.45) is 0 Å². The Morgan fingerprint density at radius 2 is 2.17 bits per heavy atom. The van der Waals surface area contributed by atoms with E-state index in [0.717, 1.165) is 42.8 Å². The number of imidazole rings is 1. The van der Waals surface area contributed by atoms with Gasteiger partial charge in [0.1, 0.15) is 12.2 Å². The van der Waals surface area contributed by atoms with Gasteiger partial charge in [0.15, 0.2) is 0 Å². The van der Waals surface area contributed by atoms with Crippen LogP contribution in [0.2, 0.25) is 0 Å². The van der Waals surface area contributed by atoms with E-state index in [-0.39, 0.29) is 11.9 Å². The van der Waals surface area contributed by atoms with E-state index in [0.29, 0.717) is 5.56 Å². The van der Waals surface area contributed by atoms with Gasteiger partial charge in [0.25, 0.3) is 5.91 Å². The molecule has 0 aromatic carbocycles. The van der Waals surface area contributed by atoms with Crippen LogP contribution >= 0.6 is 0 Å². The number of nitrogens with zero attached hydrogens (tertiary/aromatic N) is 5. The molecule has 1 saturated heterocycles. The molecular weight excluding hydrogens is 302 g/mol. The Morgan fingerprint density at radius 3 is 3.00 bits per heavy atom. The van der Waals surface area contributed by atoms with Crippen LogP contribution in [0.3, 0.4) is 0 Å². The van der Waals surface area contributed by atoms with Crippen molar-refractivity contribution >= 4 is 11.4 Å². The molecule has 1 fully saturated rings. The van der Waals surface area contributed by atoms with E-state index in [1.54, 1.807) is 24.8 Å². The molecule has 0 radical (unpaired) electrons. The maximum absolute atomic E-state index is 13.0. The summed E-state index contributed by atoms with van der Waals surface area (Å²) < 4.78 is 1.99. The SMILES string of the molecule is Cc1cc2cncn2c([C@H]2CCCCN2C(=O)c2cccnc2)n1. The molecule has 0 unspecified atom stereocenters. The molecule has 0 bridgehead atoms. The van der Waals surface area contributed by atoms with Crippen LogP contribution in [0, 0.1) is 6.92 Å². The van der Waals surface area contributed by atoms with Crippen molar-refractivity contribution in [2.75, 3.05) is 6.54 Å². The third-order valence-electron chi connectivity index (χ3n) is 4.53. The molecule has 6 heteroatoms. The van der Waals surface area contributed by atoms with Crippen molar-refractivity contribution < 1.29 is 4.79 Å². The Labute approximate surface area is 140 Å². The van der Waals surface area contributed by atoms with Gasteiger partial charge in [0, 0.05) is 24.6 Å². The number of carbonyl (C=O) groups excluding carboxylic acids is 1. The van der Waals surface area contributed by atoms with E-state index in [9.17, 15) is 4.79 Å². The van der Waals surface area contributed by atoms with Gasteiger partial charge in [-0.25, -0.2) is 9.97 Å². The minimum Gasteiger partial charge on any atom is -0.328 e. The van der Waals surface area contributed by atoms with E-state index in [1.165, 1.54) is 0 Å². The van der Waals surface area contributed by atoms with Crippen molar-refractivity contribution in [1.82, 2.24) is 24.3 Å². The van der Waals surface area contributed by atoms with Crippen molar-refractivity contribution in [2.45, 2.75) is 32.2 Å². The Kier molecular flexibility index (Phi) is 3.72. The second-order valence-corrected chi connectivity index (χ2v) is 6.20. The maximum Gasteiger partial charge on any atom is 0.256 e. The zero-order valence-electron chi connectivity index (χ0n) is 13.6. The third-order valence-corrected chi connectivity index (χ3v) is 4.53. The molecule has 0 spiro atoms. The number of likely N-dealkylation sites (tertiary alicyclic amines) is 1. The van der Waals surface area contributed by atoms with Crippen LogP contribution in [0.25, 0.3) is 5.52 Å². The predicted molar refractivity (Wildman–Crippen MR) is 89.6 cm³/mol. The zero-order valence-corrected chi connectivity index (χ0v) is 13.6. The normalized spacial score (nSPS) is 18.0. The molecule has 0 saturated carbocycles. The van der Waals surface area contributed by atoms with E-state index < -0.39 is 0 Å². The molecule has 4 rings (SSSR count). The highest BCUT2D eigenvalue weighted by molar-refractivity contribution is 5.94. The molecule has 3 aromatic rings. The number of piperidine rings is 1. The third kappa shape index (κ3) is 2.54. The highest BCUT2D eigenvalue weighted by atomic mass is 16.2.